The van der Waals surface area contributed by atoms with Crippen LogP contribution in [0.5, 0.6) is 0 Å². The number of amides is 3. The van der Waals surface area contributed by atoms with E-state index < -0.39 is 23.9 Å². The zero-order valence-corrected chi connectivity index (χ0v) is 10.6. The van der Waals surface area contributed by atoms with Crippen molar-refractivity contribution < 1.29 is 19.5 Å². The van der Waals surface area contributed by atoms with Gasteiger partial charge in [-0.1, -0.05) is 12.1 Å². The van der Waals surface area contributed by atoms with Crippen molar-refractivity contribution in [1.82, 2.24) is 4.90 Å². The Bertz CT molecular complexity index is 601. The van der Waals surface area contributed by atoms with Gasteiger partial charge in [0.15, 0.2) is 0 Å². The quantitative estimate of drug-likeness (QED) is 0.737. The van der Waals surface area contributed by atoms with Crippen molar-refractivity contribution in [3.8, 4) is 0 Å². The molecule has 0 aliphatic carbocycles. The number of nitrogens with zero attached hydrogens (tertiary/aromatic N) is 2. The molecule has 2 N–H and O–H groups in total. The fourth-order valence-corrected chi connectivity index (χ4v) is 2.46. The average molecular weight is 275 g/mol. The minimum atomic E-state index is -1.15. The molecule has 2 aliphatic heterocycles. The van der Waals surface area contributed by atoms with Gasteiger partial charge in [0, 0.05) is 13.1 Å². The Kier molecular flexibility index (Phi) is 2.81. The van der Waals surface area contributed by atoms with Crippen molar-refractivity contribution in [1.29, 1.82) is 0 Å². The molecular weight excluding hydrogens is 262 g/mol. The normalized spacial score (nSPS) is 20.8. The number of anilines is 2. The molecule has 0 spiro atoms. The van der Waals surface area contributed by atoms with Crippen LogP contribution in [0.4, 0.5) is 16.2 Å². The number of imide groups is 1. The Morgan fingerprint density at radius 2 is 2.05 bits per heavy atom. The van der Waals surface area contributed by atoms with E-state index in [-0.39, 0.29) is 6.42 Å². The molecule has 1 aromatic carbocycles. The van der Waals surface area contributed by atoms with E-state index in [4.69, 9.17) is 5.11 Å². The van der Waals surface area contributed by atoms with Crippen molar-refractivity contribution in [2.45, 2.75) is 12.5 Å². The number of β-lactam (4-membered cyclic amide) rings is 1. The summed E-state index contributed by atoms with van der Waals surface area (Å²) in [5.41, 5.74) is 1.46. The summed E-state index contributed by atoms with van der Waals surface area (Å²) in [5.74, 6) is -1.60. The summed E-state index contributed by atoms with van der Waals surface area (Å²) in [6.07, 6.45) is -0.116. The third-order valence-electron chi connectivity index (χ3n) is 3.52. The first kappa shape index (κ1) is 12.5. The van der Waals surface area contributed by atoms with Crippen LogP contribution in [0.2, 0.25) is 0 Å². The van der Waals surface area contributed by atoms with E-state index in [1.807, 2.05) is 12.1 Å². The number of hydrogen-bond acceptors (Lipinski definition) is 4. The second kappa shape index (κ2) is 4.52. The predicted molar refractivity (Wildman–Crippen MR) is 70.6 cm³/mol. The minimum Gasteiger partial charge on any atom is -0.480 e. The van der Waals surface area contributed by atoms with Crippen LogP contribution in [0.25, 0.3) is 0 Å². The molecule has 7 heteroatoms. The van der Waals surface area contributed by atoms with Crippen LogP contribution >= 0.6 is 0 Å². The summed E-state index contributed by atoms with van der Waals surface area (Å²) >= 11 is 0. The molecule has 0 aromatic heterocycles. The largest absolute Gasteiger partial charge is 0.480 e. The highest BCUT2D eigenvalue weighted by molar-refractivity contribution is 6.11. The molecule has 0 bridgehead atoms. The van der Waals surface area contributed by atoms with Gasteiger partial charge in [-0.15, -0.1) is 0 Å². The maximum absolute atomic E-state index is 12.4. The molecular formula is C13H13N3O4. The first-order chi connectivity index (χ1) is 9.59. The molecule has 1 aromatic rings. The topological polar surface area (TPSA) is 90.0 Å². The highest BCUT2D eigenvalue weighted by Gasteiger charge is 2.47. The summed E-state index contributed by atoms with van der Waals surface area (Å²) in [6.45, 7) is 0.953. The zero-order chi connectivity index (χ0) is 14.3. The van der Waals surface area contributed by atoms with Gasteiger partial charge >= 0.3 is 12.0 Å². The third kappa shape index (κ3) is 1.78. The molecule has 1 atom stereocenters. The lowest BCUT2D eigenvalue weighted by atomic mass is 10.0. The van der Waals surface area contributed by atoms with Crippen LogP contribution < -0.4 is 10.2 Å². The molecule has 0 saturated carbocycles. The number of likely N-dealkylation sites (tertiary alicyclic amines) is 1. The number of rotatable bonds is 1. The summed E-state index contributed by atoms with van der Waals surface area (Å²) in [6, 6.07) is 5.62. The van der Waals surface area contributed by atoms with Gasteiger partial charge in [0.2, 0.25) is 5.91 Å². The van der Waals surface area contributed by atoms with Crippen LogP contribution in [0, 0.1) is 0 Å². The number of carbonyl (C=O) groups excluding carboxylic acids is 2. The molecule has 104 valence electrons. The SMILES string of the molecule is O=C(O)C1CC(=O)N1C(=O)N1CCNc2ccccc21. The van der Waals surface area contributed by atoms with E-state index >= 15 is 0 Å². The standard InChI is InChI=1S/C13H13N3O4/c17-11-7-10(12(18)19)16(11)13(20)15-6-5-14-8-3-1-2-4-9(8)15/h1-4,10,14H,5-7H2,(H,18,19). The summed E-state index contributed by atoms with van der Waals surface area (Å²) < 4.78 is 0. The van der Waals surface area contributed by atoms with Gasteiger partial charge in [0.05, 0.1) is 17.8 Å². The van der Waals surface area contributed by atoms with E-state index in [9.17, 15) is 14.4 Å². The van der Waals surface area contributed by atoms with E-state index in [0.717, 1.165) is 10.6 Å². The monoisotopic (exact) mass is 275 g/mol. The van der Waals surface area contributed by atoms with Gasteiger partial charge in [-0.3, -0.25) is 9.69 Å². The predicted octanol–water partition coefficient (Wildman–Crippen LogP) is 0.724. The Morgan fingerprint density at radius 3 is 2.75 bits per heavy atom. The number of carboxylic acids is 1. The molecule has 20 heavy (non-hydrogen) atoms. The fourth-order valence-electron chi connectivity index (χ4n) is 2.46. The molecule has 3 amide bonds. The molecule has 3 rings (SSSR count). The summed E-state index contributed by atoms with van der Waals surface area (Å²) in [4.78, 5) is 37.2. The van der Waals surface area contributed by atoms with Crippen LogP contribution in [-0.4, -0.2) is 47.0 Å². The lowest BCUT2D eigenvalue weighted by Gasteiger charge is -2.40. The van der Waals surface area contributed by atoms with Crippen molar-refractivity contribution >= 4 is 29.3 Å². The summed E-state index contributed by atoms with van der Waals surface area (Å²) in [7, 11) is 0. The number of hydrogen-bond donors (Lipinski definition) is 2. The van der Waals surface area contributed by atoms with Crippen molar-refractivity contribution in [2.75, 3.05) is 23.3 Å². The molecule has 2 aliphatic rings. The Labute approximate surface area is 114 Å². The number of urea groups is 1. The van der Waals surface area contributed by atoms with E-state index in [0.29, 0.717) is 18.8 Å². The van der Waals surface area contributed by atoms with Crippen LogP contribution in [0.1, 0.15) is 6.42 Å². The van der Waals surface area contributed by atoms with Gasteiger partial charge < -0.3 is 10.4 Å². The van der Waals surface area contributed by atoms with Crippen molar-refractivity contribution in [3.63, 3.8) is 0 Å². The zero-order valence-electron chi connectivity index (χ0n) is 10.6. The van der Waals surface area contributed by atoms with Crippen LogP contribution in [-0.2, 0) is 9.59 Å². The molecule has 1 fully saturated rings. The lowest BCUT2D eigenvalue weighted by molar-refractivity contribution is -0.157. The molecule has 7 nitrogen and oxygen atoms in total. The first-order valence-corrected chi connectivity index (χ1v) is 6.29. The number of nitrogens with one attached hydrogen (secondary N) is 1. The smallest absolute Gasteiger partial charge is 0.332 e. The van der Waals surface area contributed by atoms with Crippen LogP contribution in [0.15, 0.2) is 24.3 Å². The Hall–Kier alpha value is -2.57. The van der Waals surface area contributed by atoms with E-state index in [2.05, 4.69) is 5.32 Å². The number of para-hydroxylation sites is 2. The number of carboxylic acid groups (broad SMARTS) is 1. The van der Waals surface area contributed by atoms with Gasteiger partial charge in [-0.25, -0.2) is 14.5 Å². The molecule has 1 unspecified atom stereocenters. The molecule has 0 radical (unpaired) electrons. The van der Waals surface area contributed by atoms with Gasteiger partial charge in [0.1, 0.15) is 6.04 Å². The maximum Gasteiger partial charge on any atom is 0.332 e. The fraction of sp³-hybridized carbons (Fsp3) is 0.308. The van der Waals surface area contributed by atoms with Crippen LogP contribution in [0.3, 0.4) is 0 Å². The number of benzene rings is 1. The van der Waals surface area contributed by atoms with E-state index in [1.165, 1.54) is 4.90 Å². The van der Waals surface area contributed by atoms with Gasteiger partial charge in [-0.05, 0) is 12.1 Å². The summed E-state index contributed by atoms with van der Waals surface area (Å²) in [5, 5.41) is 12.1. The van der Waals surface area contributed by atoms with E-state index in [1.54, 1.807) is 12.1 Å². The number of fused-ring (bicyclic) bond motifs is 1. The second-order valence-corrected chi connectivity index (χ2v) is 4.70. The highest BCUT2D eigenvalue weighted by atomic mass is 16.4. The second-order valence-electron chi connectivity index (χ2n) is 4.70. The van der Waals surface area contributed by atoms with Gasteiger partial charge in [0.25, 0.3) is 0 Å². The lowest BCUT2D eigenvalue weighted by Crippen LogP contribution is -2.63. The highest BCUT2D eigenvalue weighted by Crippen LogP contribution is 2.31. The Balaban J connectivity index is 1.89. The molecule has 1 saturated heterocycles. The van der Waals surface area contributed by atoms with Crippen molar-refractivity contribution in [2.24, 2.45) is 0 Å². The Morgan fingerprint density at radius 1 is 1.30 bits per heavy atom. The van der Waals surface area contributed by atoms with Crippen molar-refractivity contribution in [3.05, 3.63) is 24.3 Å². The first-order valence-electron chi connectivity index (χ1n) is 6.29. The average Bonchev–Trinajstić information content (AvgIpc) is 2.43. The number of aliphatic carboxylic acids is 1. The third-order valence-corrected chi connectivity index (χ3v) is 3.52. The maximum atomic E-state index is 12.4. The number of carbonyl (C=O) groups is 3. The van der Waals surface area contributed by atoms with Gasteiger partial charge in [-0.2, -0.15) is 0 Å². The molecule has 2 heterocycles. The minimum absolute atomic E-state index is 0.116.